The van der Waals surface area contributed by atoms with Crippen molar-refractivity contribution in [1.82, 2.24) is 0 Å². The smallest absolute Gasteiger partial charge is 0.335 e. The first-order chi connectivity index (χ1) is 8.13. The summed E-state index contributed by atoms with van der Waals surface area (Å²) in [6, 6.07) is 4.91. The zero-order valence-electron chi connectivity index (χ0n) is 9.35. The molecule has 0 saturated carbocycles. The van der Waals surface area contributed by atoms with Gasteiger partial charge in [0.1, 0.15) is 0 Å². The van der Waals surface area contributed by atoms with Crippen molar-refractivity contribution in [2.24, 2.45) is 0 Å². The second-order valence-electron chi connectivity index (χ2n) is 3.94. The Morgan fingerprint density at radius 2 is 2.24 bits per heavy atom. The summed E-state index contributed by atoms with van der Waals surface area (Å²) in [5.74, 6) is -0.968. The average Bonchev–Trinajstić information content (AvgIpc) is 2.32. The number of aromatic carboxylic acids is 1. The predicted molar refractivity (Wildman–Crippen MR) is 64.3 cm³/mol. The number of aryl methyl sites for hydroxylation is 1. The molecule has 17 heavy (non-hydrogen) atoms. The molecule has 4 nitrogen and oxygen atoms in total. The molecular formula is C13H13NO3. The van der Waals surface area contributed by atoms with Gasteiger partial charge in [-0.05, 0) is 24.1 Å². The van der Waals surface area contributed by atoms with Crippen molar-refractivity contribution < 1.29 is 14.7 Å². The molecule has 0 unspecified atom stereocenters. The summed E-state index contributed by atoms with van der Waals surface area (Å²) in [6.07, 6.45) is 2.77. The van der Waals surface area contributed by atoms with Crippen LogP contribution < -0.4 is 4.90 Å². The third-order valence-electron chi connectivity index (χ3n) is 2.84. The molecule has 88 valence electrons. The Labute approximate surface area is 99.2 Å². The van der Waals surface area contributed by atoms with Crippen LogP contribution in [-0.2, 0) is 11.2 Å². The van der Waals surface area contributed by atoms with E-state index in [-0.39, 0.29) is 11.5 Å². The molecule has 1 aliphatic rings. The second kappa shape index (κ2) is 4.41. The molecule has 0 bridgehead atoms. The molecule has 1 aromatic carbocycles. The van der Waals surface area contributed by atoms with Crippen LogP contribution in [0.1, 0.15) is 22.3 Å². The van der Waals surface area contributed by atoms with E-state index < -0.39 is 5.97 Å². The van der Waals surface area contributed by atoms with E-state index in [0.29, 0.717) is 25.1 Å². The molecule has 0 fully saturated rings. The molecular weight excluding hydrogens is 218 g/mol. The quantitative estimate of drug-likeness (QED) is 0.808. The zero-order chi connectivity index (χ0) is 12.4. The summed E-state index contributed by atoms with van der Waals surface area (Å²) >= 11 is 0. The maximum Gasteiger partial charge on any atom is 0.335 e. The number of carboxylic acid groups (broad SMARTS) is 1. The minimum atomic E-state index is -0.982. The largest absolute Gasteiger partial charge is 0.478 e. The van der Waals surface area contributed by atoms with Crippen LogP contribution in [0.25, 0.3) is 0 Å². The molecule has 2 rings (SSSR count). The standard InChI is InChI=1S/C13H13NO3/c1-2-7-14-11-8-10(13(16)17)4-3-9(11)5-6-12(14)15/h2-4,8H,1,5-7H2,(H,16,17). The average molecular weight is 231 g/mol. The monoisotopic (exact) mass is 231 g/mol. The third kappa shape index (κ3) is 2.06. The number of anilines is 1. The van der Waals surface area contributed by atoms with Gasteiger partial charge in [-0.3, -0.25) is 4.79 Å². The highest BCUT2D eigenvalue weighted by Gasteiger charge is 2.23. The number of benzene rings is 1. The van der Waals surface area contributed by atoms with Gasteiger partial charge in [-0.1, -0.05) is 12.1 Å². The molecule has 0 aromatic heterocycles. The highest BCUT2D eigenvalue weighted by Crippen LogP contribution is 2.28. The maximum absolute atomic E-state index is 11.8. The van der Waals surface area contributed by atoms with Crippen LogP contribution in [0.4, 0.5) is 5.69 Å². The first-order valence-electron chi connectivity index (χ1n) is 5.41. The van der Waals surface area contributed by atoms with Gasteiger partial charge in [0.05, 0.1) is 5.56 Å². The van der Waals surface area contributed by atoms with Crippen molar-refractivity contribution in [3.8, 4) is 0 Å². The van der Waals surface area contributed by atoms with E-state index in [4.69, 9.17) is 5.11 Å². The molecule has 0 saturated heterocycles. The normalized spacial score (nSPS) is 14.4. The highest BCUT2D eigenvalue weighted by atomic mass is 16.4. The lowest BCUT2D eigenvalue weighted by Gasteiger charge is -2.28. The van der Waals surface area contributed by atoms with Crippen molar-refractivity contribution in [2.45, 2.75) is 12.8 Å². The fourth-order valence-corrected chi connectivity index (χ4v) is 2.00. The zero-order valence-corrected chi connectivity index (χ0v) is 9.35. The molecule has 4 heteroatoms. The number of nitrogens with zero attached hydrogens (tertiary/aromatic N) is 1. The third-order valence-corrected chi connectivity index (χ3v) is 2.84. The second-order valence-corrected chi connectivity index (χ2v) is 3.94. The molecule has 0 spiro atoms. The number of hydrogen-bond donors (Lipinski definition) is 1. The van der Waals surface area contributed by atoms with E-state index in [1.165, 1.54) is 0 Å². The number of hydrogen-bond acceptors (Lipinski definition) is 2. The molecule has 0 atom stereocenters. The van der Waals surface area contributed by atoms with Gasteiger partial charge in [0.25, 0.3) is 0 Å². The van der Waals surface area contributed by atoms with E-state index in [9.17, 15) is 9.59 Å². The van der Waals surface area contributed by atoms with Crippen molar-refractivity contribution >= 4 is 17.6 Å². The first-order valence-corrected chi connectivity index (χ1v) is 5.41. The van der Waals surface area contributed by atoms with Gasteiger partial charge in [-0.2, -0.15) is 0 Å². The Morgan fingerprint density at radius 3 is 2.88 bits per heavy atom. The lowest BCUT2D eigenvalue weighted by Crippen LogP contribution is -2.35. The van der Waals surface area contributed by atoms with Gasteiger partial charge >= 0.3 is 5.97 Å². The molecule has 1 aliphatic heterocycles. The molecule has 0 aliphatic carbocycles. The van der Waals surface area contributed by atoms with Gasteiger partial charge in [0.2, 0.25) is 5.91 Å². The van der Waals surface area contributed by atoms with Crippen molar-refractivity contribution in [2.75, 3.05) is 11.4 Å². The van der Waals surface area contributed by atoms with E-state index in [1.54, 1.807) is 29.2 Å². The van der Waals surface area contributed by atoms with E-state index in [1.807, 2.05) is 0 Å². The Hall–Kier alpha value is -2.10. The summed E-state index contributed by atoms with van der Waals surface area (Å²) in [4.78, 5) is 24.2. The summed E-state index contributed by atoms with van der Waals surface area (Å²) in [6.45, 7) is 4.02. The number of fused-ring (bicyclic) bond motifs is 1. The molecule has 1 heterocycles. The van der Waals surface area contributed by atoms with Crippen LogP contribution in [0.15, 0.2) is 30.9 Å². The van der Waals surface area contributed by atoms with Crippen molar-refractivity contribution in [3.63, 3.8) is 0 Å². The summed E-state index contributed by atoms with van der Waals surface area (Å²) < 4.78 is 0. The van der Waals surface area contributed by atoms with Crippen LogP contribution in [0, 0.1) is 0 Å². The summed E-state index contributed by atoms with van der Waals surface area (Å²) in [5.41, 5.74) is 1.91. The van der Waals surface area contributed by atoms with Gasteiger partial charge < -0.3 is 10.0 Å². The number of carbonyl (C=O) groups excluding carboxylic acids is 1. The fourth-order valence-electron chi connectivity index (χ4n) is 2.00. The Kier molecular flexibility index (Phi) is 2.95. The highest BCUT2D eigenvalue weighted by molar-refractivity contribution is 5.98. The van der Waals surface area contributed by atoms with E-state index in [2.05, 4.69) is 6.58 Å². The van der Waals surface area contributed by atoms with E-state index >= 15 is 0 Å². The summed E-state index contributed by atoms with van der Waals surface area (Å²) in [7, 11) is 0. The van der Waals surface area contributed by atoms with Crippen molar-refractivity contribution in [3.05, 3.63) is 42.0 Å². The first kappa shape index (κ1) is 11.4. The lowest BCUT2D eigenvalue weighted by molar-refractivity contribution is -0.118. The van der Waals surface area contributed by atoms with Gasteiger partial charge in [0.15, 0.2) is 0 Å². The lowest BCUT2D eigenvalue weighted by atomic mass is 9.99. The summed E-state index contributed by atoms with van der Waals surface area (Å²) in [5, 5.41) is 8.94. The number of carbonyl (C=O) groups is 2. The molecule has 0 radical (unpaired) electrons. The van der Waals surface area contributed by atoms with Crippen molar-refractivity contribution in [1.29, 1.82) is 0 Å². The number of carboxylic acids is 1. The Balaban J connectivity index is 2.48. The predicted octanol–water partition coefficient (Wildman–Crippen LogP) is 1.85. The Morgan fingerprint density at radius 1 is 1.47 bits per heavy atom. The minimum absolute atomic E-state index is 0.0138. The SMILES string of the molecule is C=CCN1C(=O)CCc2ccc(C(=O)O)cc21. The molecule has 1 amide bonds. The van der Waals surface area contributed by atoms with Crippen LogP contribution >= 0.6 is 0 Å². The van der Waals surface area contributed by atoms with Crippen LogP contribution in [0.3, 0.4) is 0 Å². The topological polar surface area (TPSA) is 57.6 Å². The van der Waals surface area contributed by atoms with Gasteiger partial charge in [-0.25, -0.2) is 4.79 Å². The molecule has 1 N–H and O–H groups in total. The minimum Gasteiger partial charge on any atom is -0.478 e. The van der Waals surface area contributed by atoms with E-state index in [0.717, 1.165) is 5.56 Å². The van der Waals surface area contributed by atoms with Gasteiger partial charge in [0, 0.05) is 18.7 Å². The number of amides is 1. The van der Waals surface area contributed by atoms with Gasteiger partial charge in [-0.15, -0.1) is 6.58 Å². The van der Waals surface area contributed by atoms with Crippen LogP contribution in [0.5, 0.6) is 0 Å². The molecule has 1 aromatic rings. The van der Waals surface area contributed by atoms with Crippen LogP contribution in [0.2, 0.25) is 0 Å². The maximum atomic E-state index is 11.8. The Bertz CT molecular complexity index is 493. The van der Waals surface area contributed by atoms with Crippen LogP contribution in [-0.4, -0.2) is 23.5 Å². The fraction of sp³-hybridized carbons (Fsp3) is 0.231. The number of rotatable bonds is 3.